The minimum atomic E-state index is -0.253. The van der Waals surface area contributed by atoms with Gasteiger partial charge in [-0.3, -0.25) is 4.79 Å². The molecule has 0 unspecified atom stereocenters. The summed E-state index contributed by atoms with van der Waals surface area (Å²) in [6.07, 6.45) is 4.04. The van der Waals surface area contributed by atoms with E-state index in [1.165, 1.54) is 0 Å². The number of amides is 1. The Morgan fingerprint density at radius 3 is 2.48 bits per heavy atom. The minimum absolute atomic E-state index is 0.0129. The van der Waals surface area contributed by atoms with Crippen LogP contribution in [-0.2, 0) is 11.2 Å². The molecule has 0 aliphatic rings. The van der Waals surface area contributed by atoms with Gasteiger partial charge in [0.2, 0.25) is 5.91 Å². The molecule has 140 valence electrons. The number of hydrogen-bond acceptors (Lipinski definition) is 4. The van der Waals surface area contributed by atoms with E-state index in [-0.39, 0.29) is 18.6 Å². The number of carbonyl (C=O) groups is 1. The van der Waals surface area contributed by atoms with Crippen LogP contribution in [0.3, 0.4) is 0 Å². The van der Waals surface area contributed by atoms with Crippen molar-refractivity contribution in [3.63, 3.8) is 0 Å². The van der Waals surface area contributed by atoms with Crippen molar-refractivity contribution in [2.45, 2.75) is 52.0 Å². The fraction of sp³-hybridized carbons (Fsp3) is 0.550. The van der Waals surface area contributed by atoms with Gasteiger partial charge in [0.05, 0.1) is 12.6 Å². The molecule has 5 N–H and O–H groups in total. The first-order chi connectivity index (χ1) is 11.9. The summed E-state index contributed by atoms with van der Waals surface area (Å²) in [5, 5.41) is 15.7. The topological polar surface area (TPSA) is 87.4 Å². The first kappa shape index (κ1) is 21.2. The Morgan fingerprint density at radius 2 is 1.92 bits per heavy atom. The molecule has 0 spiro atoms. The second-order valence-electron chi connectivity index (χ2n) is 6.92. The van der Waals surface area contributed by atoms with Crippen LogP contribution >= 0.6 is 0 Å². The van der Waals surface area contributed by atoms with Gasteiger partial charge in [0.15, 0.2) is 0 Å². The molecule has 0 fully saturated rings. The van der Waals surface area contributed by atoms with Crippen molar-refractivity contribution in [2.24, 2.45) is 11.7 Å². The van der Waals surface area contributed by atoms with Gasteiger partial charge in [-0.1, -0.05) is 32.6 Å². The van der Waals surface area contributed by atoms with Gasteiger partial charge in [0.25, 0.3) is 0 Å². The Balaban J connectivity index is 2.49. The molecule has 0 saturated heterocycles. The second kappa shape index (κ2) is 11.7. The fourth-order valence-corrected chi connectivity index (χ4v) is 2.58. The molecule has 1 aromatic carbocycles. The normalized spacial score (nSPS) is 12.0. The zero-order valence-corrected chi connectivity index (χ0v) is 15.6. The summed E-state index contributed by atoms with van der Waals surface area (Å²) in [5.41, 5.74) is 8.54. The molecule has 0 aromatic heterocycles. The van der Waals surface area contributed by atoms with Crippen molar-refractivity contribution in [1.29, 1.82) is 0 Å². The molecule has 25 heavy (non-hydrogen) atoms. The molecule has 0 heterocycles. The summed E-state index contributed by atoms with van der Waals surface area (Å²) in [5.74, 6) is 0.295. The van der Waals surface area contributed by atoms with Gasteiger partial charge >= 0.3 is 0 Å². The highest BCUT2D eigenvalue weighted by Gasteiger charge is 2.13. The Hall–Kier alpha value is -1.85. The maximum absolute atomic E-state index is 11.8. The van der Waals surface area contributed by atoms with E-state index in [0.717, 1.165) is 36.2 Å². The molecule has 1 rings (SSSR count). The largest absolute Gasteiger partial charge is 0.394 e. The lowest BCUT2D eigenvalue weighted by molar-refractivity contribution is -0.122. The monoisotopic (exact) mass is 347 g/mol. The zero-order valence-electron chi connectivity index (χ0n) is 15.6. The highest BCUT2D eigenvalue weighted by molar-refractivity contribution is 5.76. The minimum Gasteiger partial charge on any atom is -0.394 e. The van der Waals surface area contributed by atoms with E-state index in [2.05, 4.69) is 17.2 Å². The van der Waals surface area contributed by atoms with Crippen molar-refractivity contribution in [3.05, 3.63) is 42.1 Å². The molecule has 1 amide bonds. The van der Waals surface area contributed by atoms with Crippen LogP contribution < -0.4 is 16.4 Å². The van der Waals surface area contributed by atoms with Gasteiger partial charge < -0.3 is 21.5 Å². The lowest BCUT2D eigenvalue weighted by atomic mass is 10.0. The Morgan fingerprint density at radius 1 is 1.24 bits per heavy atom. The number of benzene rings is 1. The average molecular weight is 348 g/mol. The van der Waals surface area contributed by atoms with E-state index < -0.39 is 0 Å². The number of hydrogen-bond donors (Lipinski definition) is 4. The summed E-state index contributed by atoms with van der Waals surface area (Å²) >= 11 is 0. The smallest absolute Gasteiger partial charge is 0.220 e. The highest BCUT2D eigenvalue weighted by Crippen LogP contribution is 2.15. The van der Waals surface area contributed by atoms with Crippen molar-refractivity contribution in [3.8, 4) is 0 Å². The molecule has 0 aliphatic heterocycles. The molecule has 0 bridgehead atoms. The molecule has 5 nitrogen and oxygen atoms in total. The number of nitrogens with two attached hydrogens (primary N) is 1. The van der Waals surface area contributed by atoms with E-state index >= 15 is 0 Å². The van der Waals surface area contributed by atoms with E-state index in [9.17, 15) is 9.90 Å². The lowest BCUT2D eigenvalue weighted by Crippen LogP contribution is -2.39. The van der Waals surface area contributed by atoms with Crippen LogP contribution in [0.25, 0.3) is 0 Å². The summed E-state index contributed by atoms with van der Waals surface area (Å²) < 4.78 is 0. The first-order valence-electron chi connectivity index (χ1n) is 9.08. The van der Waals surface area contributed by atoms with Gasteiger partial charge in [0, 0.05) is 17.8 Å². The summed E-state index contributed by atoms with van der Waals surface area (Å²) in [7, 11) is 0. The van der Waals surface area contributed by atoms with Gasteiger partial charge in [0.1, 0.15) is 0 Å². The number of carbonyl (C=O) groups excluding carboxylic acids is 1. The fourth-order valence-electron chi connectivity index (χ4n) is 2.58. The van der Waals surface area contributed by atoms with Crippen LogP contribution in [0.2, 0.25) is 0 Å². The zero-order chi connectivity index (χ0) is 18.7. The van der Waals surface area contributed by atoms with E-state index in [1.54, 1.807) is 0 Å². The lowest BCUT2D eigenvalue weighted by Gasteiger charge is -2.17. The van der Waals surface area contributed by atoms with Crippen LogP contribution in [0, 0.1) is 5.92 Å². The number of aliphatic hydroxyl groups excluding tert-OH is 1. The summed E-state index contributed by atoms with van der Waals surface area (Å²) in [4.78, 5) is 11.8. The maximum Gasteiger partial charge on any atom is 0.220 e. The number of rotatable bonds is 12. The predicted octanol–water partition coefficient (Wildman–Crippen LogP) is 2.81. The molecule has 0 saturated carbocycles. The van der Waals surface area contributed by atoms with E-state index in [1.807, 2.05) is 38.1 Å². The Kier molecular flexibility index (Phi) is 9.88. The molecule has 1 atom stereocenters. The van der Waals surface area contributed by atoms with Gasteiger partial charge in [-0.25, -0.2) is 0 Å². The standard InChI is InChI=1S/C20H33N3O2/c1-15(2)12-20(25)23-19(14-24)13-17-7-9-18(10-8-17)22-16(3)6-4-5-11-21/h7-10,15,19,22,24H,3-6,11-14,21H2,1-2H3,(H,23,25)/t19-/m0/s1. The van der Waals surface area contributed by atoms with Crippen molar-refractivity contribution < 1.29 is 9.90 Å². The van der Waals surface area contributed by atoms with Gasteiger partial charge in [-0.2, -0.15) is 0 Å². The molecule has 5 heteroatoms. The Bertz CT molecular complexity index is 526. The highest BCUT2D eigenvalue weighted by atomic mass is 16.3. The summed E-state index contributed by atoms with van der Waals surface area (Å²) in [6, 6.07) is 7.75. The first-order valence-corrected chi connectivity index (χ1v) is 9.08. The van der Waals surface area contributed by atoms with Crippen molar-refractivity contribution in [1.82, 2.24) is 5.32 Å². The molecule has 0 radical (unpaired) electrons. The number of unbranched alkanes of at least 4 members (excludes halogenated alkanes) is 1. The van der Waals surface area contributed by atoms with Crippen LogP contribution in [0.5, 0.6) is 0 Å². The van der Waals surface area contributed by atoms with Crippen LogP contribution in [-0.4, -0.2) is 30.2 Å². The van der Waals surface area contributed by atoms with Crippen LogP contribution in [0.4, 0.5) is 5.69 Å². The third-order valence-electron chi connectivity index (χ3n) is 3.87. The van der Waals surface area contributed by atoms with Crippen molar-refractivity contribution >= 4 is 11.6 Å². The average Bonchev–Trinajstić information content (AvgIpc) is 2.55. The second-order valence-corrected chi connectivity index (χ2v) is 6.92. The molecule has 1 aromatic rings. The van der Waals surface area contributed by atoms with Crippen LogP contribution in [0.15, 0.2) is 36.5 Å². The maximum atomic E-state index is 11.8. The molecular weight excluding hydrogens is 314 g/mol. The number of nitrogens with one attached hydrogen (secondary N) is 2. The van der Waals surface area contributed by atoms with Crippen LogP contribution in [0.1, 0.15) is 45.1 Å². The van der Waals surface area contributed by atoms with Crippen molar-refractivity contribution in [2.75, 3.05) is 18.5 Å². The predicted molar refractivity (Wildman–Crippen MR) is 104 cm³/mol. The third kappa shape index (κ3) is 9.27. The Labute approximate surface area is 151 Å². The molecular formula is C20H33N3O2. The van der Waals surface area contributed by atoms with Gasteiger partial charge in [-0.05, 0) is 55.8 Å². The summed E-state index contributed by atoms with van der Waals surface area (Å²) in [6.45, 7) is 8.68. The van der Waals surface area contributed by atoms with E-state index in [0.29, 0.717) is 25.3 Å². The van der Waals surface area contributed by atoms with E-state index in [4.69, 9.17) is 5.73 Å². The quantitative estimate of drug-likeness (QED) is 0.438. The third-order valence-corrected chi connectivity index (χ3v) is 3.87. The SMILES string of the molecule is C=C(CCCCN)Nc1ccc(C[C@@H](CO)NC(=O)CC(C)C)cc1. The number of anilines is 1. The van der Waals surface area contributed by atoms with Gasteiger partial charge in [-0.15, -0.1) is 0 Å². The molecule has 0 aliphatic carbocycles. The number of aliphatic hydroxyl groups is 1. The number of allylic oxidation sites excluding steroid dienone is 1.